The Bertz CT molecular complexity index is 409. The van der Waals surface area contributed by atoms with Gasteiger partial charge in [0.05, 0.1) is 5.45 Å². The van der Waals surface area contributed by atoms with Crippen LogP contribution in [0.4, 0.5) is 0 Å². The van der Waals surface area contributed by atoms with Crippen molar-refractivity contribution < 1.29 is 4.79 Å². The van der Waals surface area contributed by atoms with Gasteiger partial charge in [-0.15, -0.1) is 0 Å². The molecular weight excluding hydrogens is 266 g/mol. The standard InChI is InChI=1S/C13H18BrNO/c1-7-8(2)10(4)12(11(5)9(7)3)13(16)15-6-14/h6H2,1-5H3,(H,15,16). The maximum Gasteiger partial charge on any atom is 0.252 e. The summed E-state index contributed by atoms with van der Waals surface area (Å²) in [6.07, 6.45) is 0. The summed E-state index contributed by atoms with van der Waals surface area (Å²) >= 11 is 3.22. The topological polar surface area (TPSA) is 29.1 Å². The number of rotatable bonds is 2. The number of carbonyl (C=O) groups is 1. The molecule has 3 heteroatoms. The van der Waals surface area contributed by atoms with E-state index in [0.717, 1.165) is 16.7 Å². The van der Waals surface area contributed by atoms with E-state index in [2.05, 4.69) is 42.0 Å². The van der Waals surface area contributed by atoms with Crippen LogP contribution in [0.3, 0.4) is 0 Å². The minimum absolute atomic E-state index is 0.00178. The molecule has 1 aromatic carbocycles. The second-order valence-electron chi connectivity index (χ2n) is 4.14. The minimum atomic E-state index is -0.00178. The van der Waals surface area contributed by atoms with E-state index in [1.54, 1.807) is 0 Å². The van der Waals surface area contributed by atoms with Crippen LogP contribution in [0.15, 0.2) is 0 Å². The average molecular weight is 284 g/mol. The maximum atomic E-state index is 12.0. The number of nitrogens with one attached hydrogen (secondary N) is 1. The molecule has 0 unspecified atom stereocenters. The van der Waals surface area contributed by atoms with E-state index in [-0.39, 0.29) is 5.91 Å². The number of halogens is 1. The molecule has 0 fully saturated rings. The number of alkyl halides is 1. The van der Waals surface area contributed by atoms with Gasteiger partial charge < -0.3 is 5.32 Å². The molecule has 0 heterocycles. The Morgan fingerprint density at radius 1 is 0.938 bits per heavy atom. The Morgan fingerprint density at radius 2 is 1.31 bits per heavy atom. The molecule has 0 aliphatic heterocycles. The van der Waals surface area contributed by atoms with Crippen LogP contribution in [0, 0.1) is 34.6 Å². The van der Waals surface area contributed by atoms with Gasteiger partial charge in [-0.2, -0.15) is 0 Å². The summed E-state index contributed by atoms with van der Waals surface area (Å²) in [5.41, 5.74) is 7.17. The fourth-order valence-corrected chi connectivity index (χ4v) is 2.24. The van der Waals surface area contributed by atoms with Crippen LogP contribution in [0.2, 0.25) is 0 Å². The lowest BCUT2D eigenvalue weighted by atomic mass is 9.89. The summed E-state index contributed by atoms with van der Waals surface area (Å²) in [4.78, 5) is 12.0. The molecule has 0 atom stereocenters. The molecule has 1 rings (SSSR count). The van der Waals surface area contributed by atoms with Gasteiger partial charge in [0.15, 0.2) is 0 Å². The Labute approximate surface area is 106 Å². The van der Waals surface area contributed by atoms with Gasteiger partial charge in [0, 0.05) is 5.56 Å². The number of hydrogen-bond acceptors (Lipinski definition) is 1. The zero-order valence-electron chi connectivity index (χ0n) is 10.5. The third-order valence-corrected chi connectivity index (χ3v) is 3.73. The fraction of sp³-hybridized carbons (Fsp3) is 0.462. The molecule has 0 radical (unpaired) electrons. The molecular formula is C13H18BrNO. The SMILES string of the molecule is Cc1c(C)c(C)c(C(=O)NCBr)c(C)c1C. The monoisotopic (exact) mass is 283 g/mol. The number of benzene rings is 1. The van der Waals surface area contributed by atoms with E-state index in [9.17, 15) is 4.79 Å². The molecule has 0 aliphatic carbocycles. The van der Waals surface area contributed by atoms with E-state index >= 15 is 0 Å². The van der Waals surface area contributed by atoms with Crippen LogP contribution in [-0.2, 0) is 0 Å². The van der Waals surface area contributed by atoms with Crippen LogP contribution in [0.25, 0.3) is 0 Å². The van der Waals surface area contributed by atoms with E-state index in [0.29, 0.717) is 5.45 Å². The highest BCUT2D eigenvalue weighted by Crippen LogP contribution is 2.25. The third kappa shape index (κ3) is 2.14. The first-order valence-corrected chi connectivity index (χ1v) is 6.45. The van der Waals surface area contributed by atoms with Crippen molar-refractivity contribution in [3.05, 3.63) is 33.4 Å². The molecule has 0 bridgehead atoms. The van der Waals surface area contributed by atoms with Crippen LogP contribution in [-0.4, -0.2) is 11.4 Å². The van der Waals surface area contributed by atoms with Gasteiger partial charge in [0.2, 0.25) is 0 Å². The second kappa shape index (κ2) is 5.00. The van der Waals surface area contributed by atoms with Gasteiger partial charge in [-0.1, -0.05) is 15.9 Å². The van der Waals surface area contributed by atoms with Crippen LogP contribution in [0.5, 0.6) is 0 Å². The number of amides is 1. The van der Waals surface area contributed by atoms with E-state index < -0.39 is 0 Å². The predicted molar refractivity (Wildman–Crippen MR) is 71.4 cm³/mol. The van der Waals surface area contributed by atoms with E-state index in [1.165, 1.54) is 16.7 Å². The molecule has 88 valence electrons. The molecule has 0 saturated carbocycles. The van der Waals surface area contributed by atoms with Crippen molar-refractivity contribution in [2.24, 2.45) is 0 Å². The third-order valence-electron chi connectivity index (χ3n) is 3.45. The molecule has 16 heavy (non-hydrogen) atoms. The largest absolute Gasteiger partial charge is 0.342 e. The Hall–Kier alpha value is -0.830. The maximum absolute atomic E-state index is 12.0. The molecule has 1 aromatic rings. The lowest BCUT2D eigenvalue weighted by molar-refractivity contribution is 0.0960. The van der Waals surface area contributed by atoms with E-state index in [1.807, 2.05) is 13.8 Å². The first-order chi connectivity index (χ1) is 7.41. The Morgan fingerprint density at radius 3 is 1.69 bits per heavy atom. The fourth-order valence-electron chi connectivity index (χ4n) is 1.99. The van der Waals surface area contributed by atoms with Gasteiger partial charge in [-0.25, -0.2) is 0 Å². The molecule has 1 amide bonds. The normalized spacial score (nSPS) is 10.4. The van der Waals surface area contributed by atoms with Crippen molar-refractivity contribution in [2.75, 3.05) is 5.45 Å². The predicted octanol–water partition coefficient (Wildman–Crippen LogP) is 3.31. The number of hydrogen-bond donors (Lipinski definition) is 1. The quantitative estimate of drug-likeness (QED) is 0.655. The molecule has 2 nitrogen and oxygen atoms in total. The summed E-state index contributed by atoms with van der Waals surface area (Å²) in [5, 5.41) is 2.80. The summed E-state index contributed by atoms with van der Waals surface area (Å²) < 4.78 is 0. The molecule has 0 spiro atoms. The van der Waals surface area contributed by atoms with Gasteiger partial charge in [-0.05, 0) is 62.4 Å². The highest BCUT2D eigenvalue weighted by atomic mass is 79.9. The highest BCUT2D eigenvalue weighted by Gasteiger charge is 2.17. The summed E-state index contributed by atoms with van der Waals surface area (Å²) in [6, 6.07) is 0. The Kier molecular flexibility index (Phi) is 4.14. The first kappa shape index (κ1) is 13.2. The average Bonchev–Trinajstić information content (AvgIpc) is 2.24. The zero-order chi connectivity index (χ0) is 12.5. The van der Waals surface area contributed by atoms with Gasteiger partial charge in [0.25, 0.3) is 5.91 Å². The Balaban J connectivity index is 3.45. The van der Waals surface area contributed by atoms with Gasteiger partial charge in [-0.3, -0.25) is 4.79 Å². The van der Waals surface area contributed by atoms with Crippen molar-refractivity contribution in [1.29, 1.82) is 0 Å². The van der Waals surface area contributed by atoms with Crippen molar-refractivity contribution in [1.82, 2.24) is 5.32 Å². The van der Waals surface area contributed by atoms with Crippen LogP contribution in [0.1, 0.15) is 38.2 Å². The lowest BCUT2D eigenvalue weighted by Crippen LogP contribution is -2.24. The van der Waals surface area contributed by atoms with E-state index in [4.69, 9.17) is 0 Å². The summed E-state index contributed by atoms with van der Waals surface area (Å²) in [6.45, 7) is 10.3. The number of carbonyl (C=O) groups excluding carboxylic acids is 1. The first-order valence-electron chi connectivity index (χ1n) is 5.32. The highest BCUT2D eigenvalue weighted by molar-refractivity contribution is 9.09. The molecule has 0 aliphatic rings. The minimum Gasteiger partial charge on any atom is -0.342 e. The van der Waals surface area contributed by atoms with Crippen molar-refractivity contribution in [3.8, 4) is 0 Å². The lowest BCUT2D eigenvalue weighted by Gasteiger charge is -2.17. The second-order valence-corrected chi connectivity index (χ2v) is 4.70. The molecule has 0 saturated heterocycles. The zero-order valence-corrected chi connectivity index (χ0v) is 12.1. The van der Waals surface area contributed by atoms with Crippen molar-refractivity contribution >= 4 is 21.8 Å². The van der Waals surface area contributed by atoms with Crippen molar-refractivity contribution in [2.45, 2.75) is 34.6 Å². The summed E-state index contributed by atoms with van der Waals surface area (Å²) in [7, 11) is 0. The summed E-state index contributed by atoms with van der Waals surface area (Å²) in [5.74, 6) is -0.00178. The van der Waals surface area contributed by atoms with Crippen molar-refractivity contribution in [3.63, 3.8) is 0 Å². The van der Waals surface area contributed by atoms with Gasteiger partial charge >= 0.3 is 0 Å². The van der Waals surface area contributed by atoms with Gasteiger partial charge in [0.1, 0.15) is 0 Å². The molecule has 0 aromatic heterocycles. The van der Waals surface area contributed by atoms with Crippen LogP contribution >= 0.6 is 15.9 Å². The molecule has 1 N–H and O–H groups in total. The van der Waals surface area contributed by atoms with Crippen LogP contribution < -0.4 is 5.32 Å². The smallest absolute Gasteiger partial charge is 0.252 e.